The molecular weight excluding hydrogens is 300 g/mol. The standard InChI is InChI=1S/C16H20N2O3S/c1-16(2,3)12-7-9-13(10-8-12)22(19,20)18-15-14(21-4)6-5-11-17-15/h5-11H,1-4H3,(H,17,18). The molecular formula is C16H20N2O3S. The lowest BCUT2D eigenvalue weighted by molar-refractivity contribution is 0.415. The smallest absolute Gasteiger partial charge is 0.263 e. The third-order valence-corrected chi connectivity index (χ3v) is 4.61. The zero-order valence-electron chi connectivity index (χ0n) is 13.1. The van der Waals surface area contributed by atoms with Crippen molar-refractivity contribution in [3.63, 3.8) is 0 Å². The Morgan fingerprint density at radius 2 is 1.73 bits per heavy atom. The van der Waals surface area contributed by atoms with Crippen molar-refractivity contribution in [2.24, 2.45) is 0 Å². The van der Waals surface area contributed by atoms with Gasteiger partial charge in [-0.2, -0.15) is 0 Å². The molecule has 5 nitrogen and oxygen atoms in total. The highest BCUT2D eigenvalue weighted by molar-refractivity contribution is 7.92. The van der Waals surface area contributed by atoms with Crippen LogP contribution >= 0.6 is 0 Å². The van der Waals surface area contributed by atoms with Gasteiger partial charge in [0.2, 0.25) is 0 Å². The van der Waals surface area contributed by atoms with Gasteiger partial charge >= 0.3 is 0 Å². The number of nitrogens with zero attached hydrogens (tertiary/aromatic N) is 1. The van der Waals surface area contributed by atoms with E-state index in [4.69, 9.17) is 4.74 Å². The Hall–Kier alpha value is -2.08. The van der Waals surface area contributed by atoms with Gasteiger partial charge in [0.25, 0.3) is 10.0 Å². The lowest BCUT2D eigenvalue weighted by atomic mass is 9.87. The number of anilines is 1. The summed E-state index contributed by atoms with van der Waals surface area (Å²) in [5.74, 6) is 0.544. The predicted octanol–water partition coefficient (Wildman–Crippen LogP) is 3.19. The highest BCUT2D eigenvalue weighted by Gasteiger charge is 2.19. The number of nitrogens with one attached hydrogen (secondary N) is 1. The van der Waals surface area contributed by atoms with Crippen molar-refractivity contribution in [1.82, 2.24) is 4.98 Å². The Morgan fingerprint density at radius 3 is 2.27 bits per heavy atom. The van der Waals surface area contributed by atoms with E-state index in [-0.39, 0.29) is 16.1 Å². The average molecular weight is 320 g/mol. The summed E-state index contributed by atoms with van der Waals surface area (Å²) >= 11 is 0. The molecule has 0 aliphatic heterocycles. The van der Waals surface area contributed by atoms with Crippen molar-refractivity contribution in [3.05, 3.63) is 48.2 Å². The first-order chi connectivity index (χ1) is 10.2. The number of hydrogen-bond donors (Lipinski definition) is 1. The van der Waals surface area contributed by atoms with Crippen LogP contribution in [0.15, 0.2) is 47.5 Å². The second-order valence-corrected chi connectivity index (χ2v) is 7.62. The van der Waals surface area contributed by atoms with Crippen molar-refractivity contribution >= 4 is 15.8 Å². The van der Waals surface area contributed by atoms with Crippen molar-refractivity contribution in [2.75, 3.05) is 11.8 Å². The molecule has 1 heterocycles. The number of rotatable bonds is 4. The summed E-state index contributed by atoms with van der Waals surface area (Å²) in [6, 6.07) is 10.2. The predicted molar refractivity (Wildman–Crippen MR) is 86.7 cm³/mol. The van der Waals surface area contributed by atoms with Crippen molar-refractivity contribution < 1.29 is 13.2 Å². The number of pyridine rings is 1. The van der Waals surface area contributed by atoms with Gasteiger partial charge in [0.1, 0.15) is 0 Å². The largest absolute Gasteiger partial charge is 0.493 e. The van der Waals surface area contributed by atoms with E-state index >= 15 is 0 Å². The van der Waals surface area contributed by atoms with Crippen LogP contribution in [-0.2, 0) is 15.4 Å². The number of methoxy groups -OCH3 is 1. The van der Waals surface area contributed by atoms with E-state index in [0.29, 0.717) is 5.75 Å². The van der Waals surface area contributed by atoms with Crippen LogP contribution in [0.4, 0.5) is 5.82 Å². The first-order valence-corrected chi connectivity index (χ1v) is 8.35. The molecule has 1 N–H and O–H groups in total. The normalized spacial score (nSPS) is 12.0. The highest BCUT2D eigenvalue weighted by atomic mass is 32.2. The summed E-state index contributed by atoms with van der Waals surface area (Å²) in [5, 5.41) is 0. The van der Waals surface area contributed by atoms with Crippen molar-refractivity contribution in [1.29, 1.82) is 0 Å². The Balaban J connectivity index is 2.31. The molecule has 1 aromatic heterocycles. The van der Waals surface area contributed by atoms with Gasteiger partial charge in [0.05, 0.1) is 12.0 Å². The minimum atomic E-state index is -3.70. The van der Waals surface area contributed by atoms with Gasteiger partial charge in [0, 0.05) is 6.20 Å². The van der Waals surface area contributed by atoms with E-state index in [9.17, 15) is 8.42 Å². The van der Waals surface area contributed by atoms with E-state index in [2.05, 4.69) is 30.5 Å². The molecule has 0 aliphatic carbocycles. The number of hydrogen-bond acceptors (Lipinski definition) is 4. The van der Waals surface area contributed by atoms with Gasteiger partial charge in [-0.25, -0.2) is 13.4 Å². The third kappa shape index (κ3) is 3.57. The summed E-state index contributed by atoms with van der Waals surface area (Å²) in [6.07, 6.45) is 1.50. The first-order valence-electron chi connectivity index (χ1n) is 6.86. The number of benzene rings is 1. The molecule has 0 unspecified atom stereocenters. The van der Waals surface area contributed by atoms with E-state index < -0.39 is 10.0 Å². The molecule has 22 heavy (non-hydrogen) atoms. The lowest BCUT2D eigenvalue weighted by Gasteiger charge is -2.19. The van der Waals surface area contributed by atoms with E-state index in [1.807, 2.05) is 12.1 Å². The maximum absolute atomic E-state index is 12.4. The minimum absolute atomic E-state index is 0.0279. The number of ether oxygens (including phenoxy) is 1. The average Bonchev–Trinajstić information content (AvgIpc) is 2.47. The zero-order valence-corrected chi connectivity index (χ0v) is 13.9. The maximum atomic E-state index is 12.4. The Bertz CT molecular complexity index is 748. The van der Waals surface area contributed by atoms with Gasteiger partial charge in [-0.1, -0.05) is 32.9 Å². The fourth-order valence-corrected chi connectivity index (χ4v) is 2.97. The van der Waals surface area contributed by atoms with Crippen molar-refractivity contribution in [2.45, 2.75) is 31.1 Å². The molecule has 0 atom stereocenters. The van der Waals surface area contributed by atoms with Crippen LogP contribution in [0.5, 0.6) is 5.75 Å². The molecule has 6 heteroatoms. The van der Waals surface area contributed by atoms with E-state index in [0.717, 1.165) is 5.56 Å². The Labute approximate surface area is 131 Å². The summed E-state index contributed by atoms with van der Waals surface area (Å²) < 4.78 is 32.4. The summed E-state index contributed by atoms with van der Waals surface area (Å²) in [7, 11) is -2.24. The summed E-state index contributed by atoms with van der Waals surface area (Å²) in [6.45, 7) is 6.23. The molecule has 0 bridgehead atoms. The lowest BCUT2D eigenvalue weighted by Crippen LogP contribution is -2.16. The number of sulfonamides is 1. The van der Waals surface area contributed by atoms with Crippen LogP contribution < -0.4 is 9.46 Å². The van der Waals surface area contributed by atoms with E-state index in [1.165, 1.54) is 13.3 Å². The van der Waals surface area contributed by atoms with Crippen LogP contribution in [0, 0.1) is 0 Å². The summed E-state index contributed by atoms with van der Waals surface area (Å²) in [4.78, 5) is 4.19. The van der Waals surface area contributed by atoms with Gasteiger partial charge in [0.15, 0.2) is 11.6 Å². The molecule has 0 fully saturated rings. The van der Waals surface area contributed by atoms with Crippen LogP contribution in [0.3, 0.4) is 0 Å². The first kappa shape index (κ1) is 16.3. The number of aromatic nitrogens is 1. The molecule has 1 aromatic carbocycles. The molecule has 2 aromatic rings. The molecule has 0 spiro atoms. The molecule has 2 rings (SSSR count). The van der Waals surface area contributed by atoms with Crippen LogP contribution in [0.1, 0.15) is 26.3 Å². The van der Waals surface area contributed by atoms with Gasteiger partial charge < -0.3 is 4.74 Å². The zero-order chi connectivity index (χ0) is 16.4. The Morgan fingerprint density at radius 1 is 1.09 bits per heavy atom. The Kier molecular flexibility index (Phi) is 4.42. The molecule has 0 radical (unpaired) electrons. The topological polar surface area (TPSA) is 68.3 Å². The molecule has 0 amide bonds. The SMILES string of the molecule is COc1cccnc1NS(=O)(=O)c1ccc(C(C)(C)C)cc1. The molecule has 0 saturated carbocycles. The minimum Gasteiger partial charge on any atom is -0.493 e. The second kappa shape index (κ2) is 5.96. The molecule has 118 valence electrons. The second-order valence-electron chi connectivity index (χ2n) is 5.93. The van der Waals surface area contributed by atoms with Gasteiger partial charge in [-0.3, -0.25) is 4.72 Å². The van der Waals surface area contributed by atoms with Crippen LogP contribution in [0.25, 0.3) is 0 Å². The maximum Gasteiger partial charge on any atom is 0.263 e. The molecule has 0 saturated heterocycles. The van der Waals surface area contributed by atoms with Gasteiger partial charge in [-0.15, -0.1) is 0 Å². The van der Waals surface area contributed by atoms with Crippen molar-refractivity contribution in [3.8, 4) is 5.75 Å². The monoisotopic (exact) mass is 320 g/mol. The highest BCUT2D eigenvalue weighted by Crippen LogP contribution is 2.26. The van der Waals surface area contributed by atoms with Gasteiger partial charge in [-0.05, 0) is 35.2 Å². The fourth-order valence-electron chi connectivity index (χ4n) is 1.95. The third-order valence-electron chi connectivity index (χ3n) is 3.25. The van der Waals surface area contributed by atoms with Crippen LogP contribution in [0.2, 0.25) is 0 Å². The quantitative estimate of drug-likeness (QED) is 0.939. The van der Waals surface area contributed by atoms with Crippen LogP contribution in [-0.4, -0.2) is 20.5 Å². The van der Waals surface area contributed by atoms with E-state index in [1.54, 1.807) is 24.3 Å². The fraction of sp³-hybridized carbons (Fsp3) is 0.312. The summed E-state index contributed by atoms with van der Waals surface area (Å²) in [5.41, 5.74) is 1.04. The molecule has 0 aliphatic rings.